The molecule has 1 fully saturated rings. The third-order valence-corrected chi connectivity index (χ3v) is 5.55. The third-order valence-electron chi connectivity index (χ3n) is 5.55. The van der Waals surface area contributed by atoms with Gasteiger partial charge in [0.15, 0.2) is 11.5 Å². The Bertz CT molecular complexity index is 1140. The first-order valence-corrected chi connectivity index (χ1v) is 10.7. The van der Waals surface area contributed by atoms with Gasteiger partial charge in [0.1, 0.15) is 6.04 Å². The zero-order valence-corrected chi connectivity index (χ0v) is 18.8. The van der Waals surface area contributed by atoms with Crippen LogP contribution in [-0.2, 0) is 20.9 Å². The van der Waals surface area contributed by atoms with E-state index in [0.29, 0.717) is 22.7 Å². The van der Waals surface area contributed by atoms with E-state index in [-0.39, 0.29) is 43.4 Å². The van der Waals surface area contributed by atoms with Gasteiger partial charge in [0.25, 0.3) is 5.91 Å². The van der Waals surface area contributed by atoms with E-state index in [1.165, 1.54) is 4.90 Å². The molecule has 1 unspecified atom stereocenters. The van der Waals surface area contributed by atoms with Gasteiger partial charge in [-0.2, -0.15) is 5.26 Å². The van der Waals surface area contributed by atoms with Crippen molar-refractivity contribution in [2.45, 2.75) is 46.2 Å². The Morgan fingerprint density at radius 3 is 2.48 bits per heavy atom. The fourth-order valence-electron chi connectivity index (χ4n) is 3.98. The predicted octanol–water partition coefficient (Wildman–Crippen LogP) is 3.38. The number of imide groups is 1. The molecule has 1 saturated heterocycles. The molecule has 170 valence electrons. The molecule has 4 rings (SSSR count). The lowest BCUT2D eigenvalue weighted by Gasteiger charge is -2.30. The minimum Gasteiger partial charge on any atom is -0.454 e. The molecule has 1 atom stereocenters. The first-order chi connectivity index (χ1) is 15.7. The van der Waals surface area contributed by atoms with E-state index < -0.39 is 11.9 Å². The number of ether oxygens (including phenoxy) is 2. The molecule has 2 aliphatic rings. The molecule has 33 heavy (non-hydrogen) atoms. The summed E-state index contributed by atoms with van der Waals surface area (Å²) in [4.78, 5) is 42.1. The van der Waals surface area contributed by atoms with E-state index in [4.69, 9.17) is 14.7 Å². The molecule has 2 aromatic carbocycles. The topological polar surface area (TPSA) is 99.9 Å². The van der Waals surface area contributed by atoms with E-state index >= 15 is 0 Å². The van der Waals surface area contributed by atoms with Crippen LogP contribution < -0.4 is 14.4 Å². The van der Waals surface area contributed by atoms with Gasteiger partial charge in [0, 0.05) is 13.0 Å². The summed E-state index contributed by atoms with van der Waals surface area (Å²) in [5, 5.41) is 9.01. The number of amides is 3. The van der Waals surface area contributed by atoms with Crippen LogP contribution in [0.5, 0.6) is 11.5 Å². The van der Waals surface area contributed by atoms with Crippen molar-refractivity contribution in [2.75, 3.05) is 11.7 Å². The molecule has 8 nitrogen and oxygen atoms in total. The lowest BCUT2D eigenvalue weighted by atomic mass is 9.91. The van der Waals surface area contributed by atoms with Crippen LogP contribution in [0.4, 0.5) is 5.69 Å². The number of fused-ring (bicyclic) bond motifs is 1. The molecule has 0 N–H and O–H groups in total. The van der Waals surface area contributed by atoms with Gasteiger partial charge in [-0.3, -0.25) is 14.4 Å². The number of benzene rings is 2. The number of anilines is 1. The van der Waals surface area contributed by atoms with Gasteiger partial charge in [0.2, 0.25) is 18.6 Å². The van der Waals surface area contributed by atoms with Crippen LogP contribution in [0.3, 0.4) is 0 Å². The van der Waals surface area contributed by atoms with Crippen molar-refractivity contribution >= 4 is 23.4 Å². The molecule has 8 heteroatoms. The average molecular weight is 447 g/mol. The van der Waals surface area contributed by atoms with Gasteiger partial charge in [-0.1, -0.05) is 26.8 Å². The molecule has 0 saturated carbocycles. The van der Waals surface area contributed by atoms with Gasteiger partial charge in [-0.05, 0) is 47.4 Å². The maximum Gasteiger partial charge on any atom is 0.257 e. The summed E-state index contributed by atoms with van der Waals surface area (Å²) in [7, 11) is 0. The lowest BCUT2D eigenvalue weighted by Crippen LogP contribution is -2.46. The molecule has 2 aliphatic heterocycles. The van der Waals surface area contributed by atoms with Gasteiger partial charge in [-0.25, -0.2) is 4.90 Å². The van der Waals surface area contributed by atoms with Crippen LogP contribution in [0.25, 0.3) is 0 Å². The maximum atomic E-state index is 13.4. The summed E-state index contributed by atoms with van der Waals surface area (Å²) >= 11 is 0. The Labute approximate surface area is 192 Å². The van der Waals surface area contributed by atoms with Gasteiger partial charge in [-0.15, -0.1) is 0 Å². The molecule has 0 bridgehead atoms. The standard InChI is InChI=1S/C25H25N3O5/c1-25(2,3)12-23(30)27(14-17-6-9-20-21(10-17)33-15-32-20)19-11-22(29)28(24(19)31)18-7-4-16(13-26)5-8-18/h4-10,19H,11-12,14-15H2,1-3H3. The number of hydrogen-bond donors (Lipinski definition) is 0. The number of nitriles is 1. The van der Waals surface area contributed by atoms with Gasteiger partial charge >= 0.3 is 0 Å². The van der Waals surface area contributed by atoms with E-state index in [1.807, 2.05) is 32.9 Å². The second kappa shape index (κ2) is 8.58. The molecular formula is C25H25N3O5. The monoisotopic (exact) mass is 447 g/mol. The van der Waals surface area contributed by atoms with Crippen LogP contribution in [0.1, 0.15) is 44.7 Å². The van der Waals surface area contributed by atoms with Crippen molar-refractivity contribution in [1.82, 2.24) is 4.90 Å². The Balaban J connectivity index is 1.63. The molecule has 0 aromatic heterocycles. The van der Waals surface area contributed by atoms with Crippen LogP contribution >= 0.6 is 0 Å². The zero-order chi connectivity index (χ0) is 23.8. The van der Waals surface area contributed by atoms with Gasteiger partial charge < -0.3 is 14.4 Å². The number of nitrogens with zero attached hydrogens (tertiary/aromatic N) is 3. The smallest absolute Gasteiger partial charge is 0.257 e. The Kier molecular flexibility index (Phi) is 5.81. The van der Waals surface area contributed by atoms with Crippen molar-refractivity contribution in [3.05, 3.63) is 53.6 Å². The Hall–Kier alpha value is -3.86. The normalized spacial score (nSPS) is 17.3. The van der Waals surface area contributed by atoms with Crippen molar-refractivity contribution in [2.24, 2.45) is 5.41 Å². The maximum absolute atomic E-state index is 13.4. The first-order valence-electron chi connectivity index (χ1n) is 10.7. The minimum atomic E-state index is -0.909. The quantitative estimate of drug-likeness (QED) is 0.652. The fraction of sp³-hybridized carbons (Fsp3) is 0.360. The highest BCUT2D eigenvalue weighted by molar-refractivity contribution is 6.23. The lowest BCUT2D eigenvalue weighted by molar-refractivity contribution is -0.140. The van der Waals surface area contributed by atoms with E-state index in [0.717, 1.165) is 10.5 Å². The number of carbonyl (C=O) groups is 3. The van der Waals surface area contributed by atoms with Crippen molar-refractivity contribution in [3.63, 3.8) is 0 Å². The summed E-state index contributed by atoms with van der Waals surface area (Å²) in [6.07, 6.45) is 0.131. The Morgan fingerprint density at radius 2 is 1.82 bits per heavy atom. The van der Waals surface area contributed by atoms with Crippen LogP contribution in [0.15, 0.2) is 42.5 Å². The highest BCUT2D eigenvalue weighted by Crippen LogP contribution is 2.34. The average Bonchev–Trinajstić information content (AvgIpc) is 3.34. The van der Waals surface area contributed by atoms with E-state index in [1.54, 1.807) is 36.4 Å². The number of carbonyl (C=O) groups excluding carboxylic acids is 3. The molecular weight excluding hydrogens is 422 g/mol. The van der Waals surface area contributed by atoms with Crippen LogP contribution in [0, 0.1) is 16.7 Å². The third kappa shape index (κ3) is 4.67. The van der Waals surface area contributed by atoms with Crippen molar-refractivity contribution < 1.29 is 23.9 Å². The molecule has 0 radical (unpaired) electrons. The fourth-order valence-corrected chi connectivity index (χ4v) is 3.98. The second-order valence-corrected chi connectivity index (χ2v) is 9.39. The number of rotatable bonds is 5. The highest BCUT2D eigenvalue weighted by Gasteiger charge is 2.44. The minimum absolute atomic E-state index is 0.0979. The largest absolute Gasteiger partial charge is 0.454 e. The Morgan fingerprint density at radius 1 is 1.12 bits per heavy atom. The summed E-state index contributed by atoms with van der Waals surface area (Å²) in [5.74, 6) is 0.184. The summed E-state index contributed by atoms with van der Waals surface area (Å²) in [5.41, 5.74) is 1.30. The highest BCUT2D eigenvalue weighted by atomic mass is 16.7. The first kappa shape index (κ1) is 22.3. The molecule has 0 spiro atoms. The molecule has 2 aromatic rings. The molecule has 0 aliphatic carbocycles. The second-order valence-electron chi connectivity index (χ2n) is 9.39. The van der Waals surface area contributed by atoms with E-state index in [9.17, 15) is 14.4 Å². The number of hydrogen-bond acceptors (Lipinski definition) is 6. The molecule has 2 heterocycles. The zero-order valence-electron chi connectivity index (χ0n) is 18.8. The summed E-state index contributed by atoms with van der Waals surface area (Å²) in [6, 6.07) is 12.7. The SMILES string of the molecule is CC(C)(C)CC(=O)N(Cc1ccc2c(c1)OCO2)C1CC(=O)N(c2ccc(C#N)cc2)C1=O. The van der Waals surface area contributed by atoms with Crippen LogP contribution in [0.2, 0.25) is 0 Å². The van der Waals surface area contributed by atoms with Crippen molar-refractivity contribution in [1.29, 1.82) is 5.26 Å². The van der Waals surface area contributed by atoms with E-state index in [2.05, 4.69) is 0 Å². The predicted molar refractivity (Wildman–Crippen MR) is 119 cm³/mol. The summed E-state index contributed by atoms with van der Waals surface area (Å²) < 4.78 is 10.8. The molecule has 3 amide bonds. The van der Waals surface area contributed by atoms with Crippen molar-refractivity contribution in [3.8, 4) is 17.6 Å². The summed E-state index contributed by atoms with van der Waals surface area (Å²) in [6.45, 7) is 6.16. The van der Waals surface area contributed by atoms with Crippen LogP contribution in [-0.4, -0.2) is 35.5 Å². The van der Waals surface area contributed by atoms with Gasteiger partial charge in [0.05, 0.1) is 23.7 Å².